The van der Waals surface area contributed by atoms with E-state index >= 15 is 0 Å². The highest BCUT2D eigenvalue weighted by molar-refractivity contribution is 5.79. The maximum Gasteiger partial charge on any atom is 0.224 e. The first-order chi connectivity index (χ1) is 9.10. The third-order valence-electron chi connectivity index (χ3n) is 4.16. The number of hydrogen-bond donors (Lipinski definition) is 2. The van der Waals surface area contributed by atoms with Crippen molar-refractivity contribution in [1.29, 1.82) is 0 Å². The number of amides is 1. The lowest BCUT2D eigenvalue weighted by Crippen LogP contribution is -2.40. The van der Waals surface area contributed by atoms with Crippen LogP contribution in [-0.2, 0) is 11.2 Å². The van der Waals surface area contributed by atoms with Gasteiger partial charge in [-0.25, -0.2) is 0 Å². The molecule has 1 aromatic carbocycles. The number of benzene rings is 1. The summed E-state index contributed by atoms with van der Waals surface area (Å²) in [6.45, 7) is 4.79. The van der Waals surface area contributed by atoms with Gasteiger partial charge in [0.1, 0.15) is 0 Å². The van der Waals surface area contributed by atoms with Crippen LogP contribution in [0.2, 0.25) is 0 Å². The zero-order valence-corrected chi connectivity index (χ0v) is 11.9. The first kappa shape index (κ1) is 14.1. The molecule has 0 heterocycles. The number of aryl methyl sites for hydroxylation is 2. The lowest BCUT2D eigenvalue weighted by molar-refractivity contribution is -0.121. The highest BCUT2D eigenvalue weighted by Crippen LogP contribution is 2.24. The van der Waals surface area contributed by atoms with E-state index in [0.717, 1.165) is 18.4 Å². The minimum absolute atomic E-state index is 0.124. The van der Waals surface area contributed by atoms with E-state index in [2.05, 4.69) is 37.4 Å². The van der Waals surface area contributed by atoms with Gasteiger partial charge in [-0.2, -0.15) is 0 Å². The predicted molar refractivity (Wildman–Crippen MR) is 77.9 cm³/mol. The number of hydrogen-bond acceptors (Lipinski definition) is 2. The van der Waals surface area contributed by atoms with Crippen molar-refractivity contribution in [3.63, 3.8) is 0 Å². The monoisotopic (exact) mass is 260 g/mol. The fourth-order valence-corrected chi connectivity index (χ4v) is 2.93. The van der Waals surface area contributed by atoms with Crippen LogP contribution >= 0.6 is 0 Å². The summed E-state index contributed by atoms with van der Waals surface area (Å²) >= 11 is 0. The molecule has 0 aliphatic heterocycles. The summed E-state index contributed by atoms with van der Waals surface area (Å²) < 4.78 is 0. The molecule has 1 aromatic rings. The van der Waals surface area contributed by atoms with E-state index in [-0.39, 0.29) is 11.9 Å². The summed E-state index contributed by atoms with van der Waals surface area (Å²) in [6, 6.07) is 6.54. The molecule has 1 fully saturated rings. The molecule has 3 nitrogen and oxygen atoms in total. The Balaban J connectivity index is 1.95. The molecule has 3 N–H and O–H groups in total. The van der Waals surface area contributed by atoms with Crippen LogP contribution in [0.25, 0.3) is 0 Å². The van der Waals surface area contributed by atoms with Crippen molar-refractivity contribution in [3.8, 4) is 0 Å². The van der Waals surface area contributed by atoms with E-state index < -0.39 is 0 Å². The minimum atomic E-state index is 0.124. The molecule has 2 rings (SSSR count). The van der Waals surface area contributed by atoms with Gasteiger partial charge in [-0.05, 0) is 50.3 Å². The number of nitrogens with one attached hydrogen (secondary N) is 1. The molecule has 0 saturated heterocycles. The molecule has 19 heavy (non-hydrogen) atoms. The van der Waals surface area contributed by atoms with Gasteiger partial charge in [0.2, 0.25) is 5.91 Å². The molecule has 2 atom stereocenters. The summed E-state index contributed by atoms with van der Waals surface area (Å²) in [7, 11) is 0. The Bertz CT molecular complexity index is 456. The van der Waals surface area contributed by atoms with Gasteiger partial charge in [-0.15, -0.1) is 0 Å². The van der Waals surface area contributed by atoms with Crippen LogP contribution in [-0.4, -0.2) is 18.5 Å². The Hall–Kier alpha value is -1.35. The summed E-state index contributed by atoms with van der Waals surface area (Å²) in [5, 5.41) is 3.16. The minimum Gasteiger partial charge on any atom is -0.353 e. The largest absolute Gasteiger partial charge is 0.353 e. The summed E-state index contributed by atoms with van der Waals surface area (Å²) in [5.74, 6) is 0.585. The third-order valence-corrected chi connectivity index (χ3v) is 4.16. The van der Waals surface area contributed by atoms with E-state index in [1.165, 1.54) is 17.5 Å². The van der Waals surface area contributed by atoms with Crippen LogP contribution in [0.5, 0.6) is 0 Å². The Labute approximate surface area is 115 Å². The molecule has 0 spiro atoms. The second-order valence-corrected chi connectivity index (χ2v) is 5.71. The van der Waals surface area contributed by atoms with E-state index in [1.54, 1.807) is 0 Å². The number of nitrogens with two attached hydrogens (primary N) is 1. The van der Waals surface area contributed by atoms with E-state index in [1.807, 2.05) is 0 Å². The van der Waals surface area contributed by atoms with Gasteiger partial charge in [0.15, 0.2) is 0 Å². The molecular formula is C16H24N2O. The molecule has 104 valence electrons. The lowest BCUT2D eigenvalue weighted by Gasteiger charge is -2.19. The second kappa shape index (κ2) is 6.20. The Kier molecular flexibility index (Phi) is 4.59. The first-order valence-corrected chi connectivity index (χ1v) is 7.15. The standard InChI is InChI=1S/C16H24N2O/c1-11-6-7-12(2)14(8-11)9-16(19)18-15-5-3-4-13(15)10-17/h6-8,13,15H,3-5,9-10,17H2,1-2H3,(H,18,19). The van der Waals surface area contributed by atoms with E-state index in [9.17, 15) is 4.79 Å². The molecule has 1 saturated carbocycles. The van der Waals surface area contributed by atoms with Crippen LogP contribution in [0.1, 0.15) is 36.0 Å². The smallest absolute Gasteiger partial charge is 0.224 e. The maximum absolute atomic E-state index is 12.1. The molecule has 1 aliphatic carbocycles. The molecule has 0 bridgehead atoms. The van der Waals surface area contributed by atoms with Gasteiger partial charge in [0.05, 0.1) is 6.42 Å². The van der Waals surface area contributed by atoms with Crippen molar-refractivity contribution >= 4 is 5.91 Å². The van der Waals surface area contributed by atoms with Gasteiger partial charge in [0.25, 0.3) is 0 Å². The van der Waals surface area contributed by atoms with Gasteiger partial charge in [0, 0.05) is 6.04 Å². The molecule has 1 amide bonds. The molecule has 0 radical (unpaired) electrons. The molecule has 0 aromatic heterocycles. The average Bonchev–Trinajstić information content (AvgIpc) is 2.81. The van der Waals surface area contributed by atoms with Crippen molar-refractivity contribution in [2.24, 2.45) is 11.7 Å². The number of carbonyl (C=O) groups is 1. The summed E-state index contributed by atoms with van der Waals surface area (Å²) in [5.41, 5.74) is 9.26. The predicted octanol–water partition coefficient (Wildman–Crippen LogP) is 2.09. The lowest BCUT2D eigenvalue weighted by atomic mass is 10.0. The van der Waals surface area contributed by atoms with Crippen molar-refractivity contribution in [2.45, 2.75) is 45.6 Å². The van der Waals surface area contributed by atoms with Crippen molar-refractivity contribution in [2.75, 3.05) is 6.54 Å². The highest BCUT2D eigenvalue weighted by atomic mass is 16.1. The van der Waals surface area contributed by atoms with Crippen molar-refractivity contribution in [1.82, 2.24) is 5.32 Å². The summed E-state index contributed by atoms with van der Waals surface area (Å²) in [4.78, 5) is 12.1. The zero-order chi connectivity index (χ0) is 13.8. The average molecular weight is 260 g/mol. The first-order valence-electron chi connectivity index (χ1n) is 7.15. The number of rotatable bonds is 4. The van der Waals surface area contributed by atoms with Gasteiger partial charge in [-0.1, -0.05) is 30.2 Å². The van der Waals surface area contributed by atoms with Gasteiger partial charge < -0.3 is 11.1 Å². The van der Waals surface area contributed by atoms with Gasteiger partial charge in [-0.3, -0.25) is 4.79 Å². The number of carbonyl (C=O) groups excluding carboxylic acids is 1. The molecular weight excluding hydrogens is 236 g/mol. The highest BCUT2D eigenvalue weighted by Gasteiger charge is 2.27. The van der Waals surface area contributed by atoms with Crippen LogP contribution in [0.15, 0.2) is 18.2 Å². The Morgan fingerprint density at radius 2 is 2.16 bits per heavy atom. The quantitative estimate of drug-likeness (QED) is 0.871. The molecule has 1 aliphatic rings. The maximum atomic E-state index is 12.1. The van der Waals surface area contributed by atoms with Crippen molar-refractivity contribution in [3.05, 3.63) is 34.9 Å². The second-order valence-electron chi connectivity index (χ2n) is 5.71. The third kappa shape index (κ3) is 3.57. The topological polar surface area (TPSA) is 55.1 Å². The molecule has 2 unspecified atom stereocenters. The van der Waals surface area contributed by atoms with Crippen molar-refractivity contribution < 1.29 is 4.79 Å². The van der Waals surface area contributed by atoms with Crippen LogP contribution in [0.3, 0.4) is 0 Å². The normalized spacial score (nSPS) is 22.5. The Morgan fingerprint density at radius 3 is 2.89 bits per heavy atom. The SMILES string of the molecule is Cc1ccc(C)c(CC(=O)NC2CCCC2CN)c1. The van der Waals surface area contributed by atoms with Gasteiger partial charge >= 0.3 is 0 Å². The molecule has 3 heteroatoms. The Morgan fingerprint density at radius 1 is 1.37 bits per heavy atom. The fraction of sp³-hybridized carbons (Fsp3) is 0.562. The van der Waals surface area contributed by atoms with Crippen LogP contribution in [0, 0.1) is 19.8 Å². The zero-order valence-electron chi connectivity index (χ0n) is 11.9. The summed E-state index contributed by atoms with van der Waals surface area (Å²) in [6.07, 6.45) is 3.86. The van der Waals surface area contributed by atoms with E-state index in [0.29, 0.717) is 18.9 Å². The van der Waals surface area contributed by atoms with Crippen LogP contribution in [0.4, 0.5) is 0 Å². The van der Waals surface area contributed by atoms with E-state index in [4.69, 9.17) is 5.73 Å². The van der Waals surface area contributed by atoms with Crippen LogP contribution < -0.4 is 11.1 Å². The fourth-order valence-electron chi connectivity index (χ4n) is 2.93.